The second kappa shape index (κ2) is 7.38. The van der Waals surface area contributed by atoms with Gasteiger partial charge in [-0.3, -0.25) is 15.1 Å². The van der Waals surface area contributed by atoms with Gasteiger partial charge in [0.25, 0.3) is 0 Å². The van der Waals surface area contributed by atoms with Gasteiger partial charge in [0.15, 0.2) is 5.34 Å². The van der Waals surface area contributed by atoms with E-state index in [-0.39, 0.29) is 16.7 Å². The molecule has 0 bridgehead atoms. The van der Waals surface area contributed by atoms with Gasteiger partial charge >= 0.3 is 11.7 Å². The molecule has 10 heteroatoms. The topological polar surface area (TPSA) is 143 Å². The number of aromatic nitrogens is 1. The van der Waals surface area contributed by atoms with Gasteiger partial charge in [0.05, 0.1) is 10.5 Å². The molecule has 0 spiro atoms. The Bertz CT molecular complexity index is 722. The minimum atomic E-state index is -1.18. The van der Waals surface area contributed by atoms with Crippen LogP contribution in [-0.2, 0) is 0 Å². The van der Waals surface area contributed by atoms with E-state index in [2.05, 4.69) is 4.98 Å². The lowest BCUT2D eigenvalue weighted by Gasteiger charge is -2.05. The highest BCUT2D eigenvalue weighted by Gasteiger charge is 2.17. The van der Waals surface area contributed by atoms with Crippen LogP contribution in [0.1, 0.15) is 10.4 Å². The predicted octanol–water partition coefficient (Wildman–Crippen LogP) is 2.64. The Hall–Kier alpha value is -3.43. The summed E-state index contributed by atoms with van der Waals surface area (Å²) in [6.07, 6.45) is 2.57. The molecular weight excluding hydrogens is 301 g/mol. The van der Waals surface area contributed by atoms with Crippen LogP contribution in [0.15, 0.2) is 42.0 Å². The molecule has 0 aliphatic carbocycles. The summed E-state index contributed by atoms with van der Waals surface area (Å²) in [5.41, 5.74) is -0.301. The van der Waals surface area contributed by atoms with Crippen molar-refractivity contribution in [1.82, 2.24) is 4.98 Å². The van der Waals surface area contributed by atoms with Gasteiger partial charge in [-0.2, -0.15) is 4.39 Å². The highest BCUT2D eigenvalue weighted by molar-refractivity contribution is 5.95. The molecule has 0 aliphatic heterocycles. The first-order chi connectivity index (χ1) is 10.4. The molecule has 0 saturated carbocycles. The molecule has 0 amide bonds. The number of nitro benzene ring substituents is 1. The molecule has 114 valence electrons. The van der Waals surface area contributed by atoms with Gasteiger partial charge in [0, 0.05) is 24.0 Å². The SMILES string of the molecule is O=C(O)c1ccncc1-c1ccc([N+](=O)[O-])c(F)c1.O=NO. The van der Waals surface area contributed by atoms with E-state index in [0.717, 1.165) is 12.1 Å². The van der Waals surface area contributed by atoms with Crippen molar-refractivity contribution in [3.63, 3.8) is 0 Å². The van der Waals surface area contributed by atoms with Crippen molar-refractivity contribution in [2.75, 3.05) is 0 Å². The van der Waals surface area contributed by atoms with E-state index in [0.29, 0.717) is 0 Å². The molecule has 0 atom stereocenters. The molecule has 0 radical (unpaired) electrons. The average molecular weight is 309 g/mol. The van der Waals surface area contributed by atoms with Crippen LogP contribution >= 0.6 is 0 Å². The monoisotopic (exact) mass is 309 g/mol. The Kier molecular flexibility index (Phi) is 5.58. The highest BCUT2D eigenvalue weighted by Crippen LogP contribution is 2.27. The number of pyridine rings is 1. The number of aromatic carboxylic acids is 1. The Morgan fingerprint density at radius 3 is 2.50 bits per heavy atom. The second-order valence-corrected chi connectivity index (χ2v) is 3.73. The Labute approximate surface area is 121 Å². The van der Waals surface area contributed by atoms with E-state index in [1.165, 1.54) is 29.9 Å². The van der Waals surface area contributed by atoms with Crippen LogP contribution in [0.4, 0.5) is 10.1 Å². The lowest BCUT2D eigenvalue weighted by molar-refractivity contribution is -0.387. The molecule has 9 nitrogen and oxygen atoms in total. The first kappa shape index (κ1) is 16.6. The lowest BCUT2D eigenvalue weighted by Crippen LogP contribution is -2.00. The minimum absolute atomic E-state index is 0.0525. The average Bonchev–Trinajstić information content (AvgIpc) is 2.47. The Balaban J connectivity index is 0.000000745. The molecule has 0 unspecified atom stereocenters. The van der Waals surface area contributed by atoms with E-state index >= 15 is 0 Å². The molecule has 2 rings (SSSR count). The third-order valence-corrected chi connectivity index (χ3v) is 2.51. The van der Waals surface area contributed by atoms with Crippen LogP contribution in [0.3, 0.4) is 0 Å². The van der Waals surface area contributed by atoms with Gasteiger partial charge in [-0.15, -0.1) is 4.91 Å². The number of hydrogen-bond donors (Lipinski definition) is 2. The third kappa shape index (κ3) is 3.79. The normalized spacial score (nSPS) is 9.32. The summed E-state index contributed by atoms with van der Waals surface area (Å²) in [5.74, 6) is -2.21. The van der Waals surface area contributed by atoms with Crippen molar-refractivity contribution in [3.05, 3.63) is 63.1 Å². The van der Waals surface area contributed by atoms with E-state index in [1.54, 1.807) is 0 Å². The van der Waals surface area contributed by atoms with Crippen molar-refractivity contribution in [3.8, 4) is 11.1 Å². The zero-order valence-electron chi connectivity index (χ0n) is 10.7. The number of carboxylic acid groups (broad SMARTS) is 1. The second-order valence-electron chi connectivity index (χ2n) is 3.73. The zero-order chi connectivity index (χ0) is 16.7. The number of carbonyl (C=O) groups is 1. The quantitative estimate of drug-likeness (QED) is 0.503. The summed E-state index contributed by atoms with van der Waals surface area (Å²) in [6, 6.07) is 4.46. The van der Waals surface area contributed by atoms with Crippen molar-refractivity contribution in [2.45, 2.75) is 0 Å². The maximum Gasteiger partial charge on any atom is 0.336 e. The fourth-order valence-electron chi connectivity index (χ4n) is 1.63. The van der Waals surface area contributed by atoms with E-state index in [1.807, 2.05) is 0 Å². The van der Waals surface area contributed by atoms with Crippen molar-refractivity contribution in [2.24, 2.45) is 5.34 Å². The van der Waals surface area contributed by atoms with Gasteiger partial charge in [0.1, 0.15) is 0 Å². The van der Waals surface area contributed by atoms with Crippen molar-refractivity contribution < 1.29 is 24.4 Å². The van der Waals surface area contributed by atoms with Crippen LogP contribution in [0.5, 0.6) is 0 Å². The first-order valence-corrected chi connectivity index (χ1v) is 5.50. The number of carboxylic acids is 1. The summed E-state index contributed by atoms with van der Waals surface area (Å²) in [7, 11) is 0. The van der Waals surface area contributed by atoms with Crippen molar-refractivity contribution in [1.29, 1.82) is 0 Å². The lowest BCUT2D eigenvalue weighted by atomic mass is 10.0. The standard InChI is InChI=1S/C12H7FN2O4.HNO2/c13-10-5-7(1-2-11(10)15(18)19)9-6-14-4-3-8(9)12(16)17;2-1-3/h1-6H,(H,16,17);(H,2,3). The van der Waals surface area contributed by atoms with Gasteiger partial charge in [-0.25, -0.2) is 4.79 Å². The number of hydrogen-bond acceptors (Lipinski definition) is 6. The number of nitro groups is 1. The molecule has 1 heterocycles. The molecule has 0 saturated heterocycles. The summed E-state index contributed by atoms with van der Waals surface area (Å²) in [6.45, 7) is 0. The molecule has 2 aromatic rings. The van der Waals surface area contributed by atoms with Gasteiger partial charge < -0.3 is 10.3 Å². The summed E-state index contributed by atoms with van der Waals surface area (Å²) >= 11 is 0. The zero-order valence-corrected chi connectivity index (χ0v) is 10.7. The van der Waals surface area contributed by atoms with Crippen LogP contribution in [-0.4, -0.2) is 26.2 Å². The predicted molar refractivity (Wildman–Crippen MR) is 70.8 cm³/mol. The van der Waals surface area contributed by atoms with Crippen LogP contribution in [0, 0.1) is 20.8 Å². The first-order valence-electron chi connectivity index (χ1n) is 5.50. The maximum atomic E-state index is 13.5. The van der Waals surface area contributed by atoms with Gasteiger partial charge in [-0.1, -0.05) is 0 Å². The fraction of sp³-hybridized carbons (Fsp3) is 0. The number of rotatable bonds is 3. The van der Waals surface area contributed by atoms with Crippen LogP contribution < -0.4 is 0 Å². The molecule has 2 N–H and O–H groups in total. The third-order valence-electron chi connectivity index (χ3n) is 2.51. The number of halogens is 1. The van der Waals surface area contributed by atoms with E-state index in [4.69, 9.17) is 15.2 Å². The highest BCUT2D eigenvalue weighted by atomic mass is 19.1. The molecule has 22 heavy (non-hydrogen) atoms. The van der Waals surface area contributed by atoms with Crippen LogP contribution in [0.25, 0.3) is 11.1 Å². The minimum Gasteiger partial charge on any atom is -0.478 e. The van der Waals surface area contributed by atoms with E-state index < -0.39 is 22.4 Å². The van der Waals surface area contributed by atoms with Crippen LogP contribution in [0.2, 0.25) is 0 Å². The molecule has 0 fully saturated rings. The largest absolute Gasteiger partial charge is 0.478 e. The smallest absolute Gasteiger partial charge is 0.336 e. The van der Waals surface area contributed by atoms with Gasteiger partial charge in [0.2, 0.25) is 5.82 Å². The fourth-order valence-corrected chi connectivity index (χ4v) is 1.63. The van der Waals surface area contributed by atoms with E-state index in [9.17, 15) is 19.3 Å². The van der Waals surface area contributed by atoms with Crippen molar-refractivity contribution >= 4 is 11.7 Å². The number of nitrogens with zero attached hydrogens (tertiary/aromatic N) is 3. The maximum absolute atomic E-state index is 13.5. The Morgan fingerprint density at radius 1 is 1.36 bits per heavy atom. The van der Waals surface area contributed by atoms with Gasteiger partial charge in [-0.05, 0) is 23.8 Å². The molecule has 1 aromatic heterocycles. The summed E-state index contributed by atoms with van der Waals surface area (Å²) in [5, 5.41) is 27.4. The molecule has 0 aliphatic rings. The summed E-state index contributed by atoms with van der Waals surface area (Å²) < 4.78 is 13.5. The Morgan fingerprint density at radius 2 is 2.00 bits per heavy atom. The molecule has 1 aromatic carbocycles. The number of benzene rings is 1. The summed E-state index contributed by atoms with van der Waals surface area (Å²) in [4.78, 5) is 32.6. The molecular formula is C12H8FN3O6.